The Bertz CT molecular complexity index is 897. The first kappa shape index (κ1) is 16.7. The summed E-state index contributed by atoms with van der Waals surface area (Å²) in [5.74, 6) is -0.0306. The lowest BCUT2D eigenvalue weighted by atomic mass is 9.93. The Kier molecular flexibility index (Phi) is 4.38. The fourth-order valence-corrected chi connectivity index (χ4v) is 3.51. The van der Waals surface area contributed by atoms with Crippen molar-refractivity contribution in [2.75, 3.05) is 18.0 Å². The van der Waals surface area contributed by atoms with E-state index in [0.29, 0.717) is 35.4 Å². The zero-order valence-corrected chi connectivity index (χ0v) is 14.6. The number of hydrogen-bond acceptors (Lipinski definition) is 5. The van der Waals surface area contributed by atoms with Gasteiger partial charge in [-0.2, -0.15) is 5.10 Å². The molecule has 7 nitrogen and oxygen atoms in total. The summed E-state index contributed by atoms with van der Waals surface area (Å²) >= 11 is 5.91. The number of H-pyrrole nitrogens is 1. The molecule has 4 rings (SSSR count). The van der Waals surface area contributed by atoms with Crippen LogP contribution in [0.25, 0.3) is 11.3 Å². The van der Waals surface area contributed by atoms with E-state index in [1.807, 2.05) is 11.0 Å². The Morgan fingerprint density at radius 3 is 2.58 bits per heavy atom. The molecular weight excluding hydrogens is 356 g/mol. The summed E-state index contributed by atoms with van der Waals surface area (Å²) in [7, 11) is 0. The predicted molar refractivity (Wildman–Crippen MR) is 96.7 cm³/mol. The molecule has 0 unspecified atom stereocenters. The molecule has 8 heteroatoms. The minimum Gasteiger partial charge on any atom is -0.477 e. The number of halogens is 1. The molecule has 0 atom stereocenters. The van der Waals surface area contributed by atoms with E-state index in [4.69, 9.17) is 16.1 Å². The molecule has 3 heterocycles. The first-order chi connectivity index (χ1) is 12.6. The molecule has 1 aliphatic rings. The predicted octanol–water partition coefficient (Wildman–Crippen LogP) is 3.80. The standard InChI is InChI=1S/C18H17ClN4O3/c19-13-3-1-12(2-4-13)16-15(18(24)25)17(22-26-16)23-9-6-11(7-10-23)14-5-8-20-21-14/h1-5,8,11H,6-7,9-10H2,(H,20,21)(H,24,25). The molecule has 0 aliphatic carbocycles. The number of nitrogens with zero attached hydrogens (tertiary/aromatic N) is 3. The van der Waals surface area contributed by atoms with Crippen LogP contribution in [-0.4, -0.2) is 39.5 Å². The van der Waals surface area contributed by atoms with Gasteiger partial charge >= 0.3 is 5.97 Å². The third-order valence-corrected chi connectivity index (χ3v) is 5.00. The number of hydrogen-bond donors (Lipinski definition) is 2. The third-order valence-electron chi connectivity index (χ3n) is 4.75. The highest BCUT2D eigenvalue weighted by molar-refractivity contribution is 6.30. The van der Waals surface area contributed by atoms with E-state index in [1.54, 1.807) is 30.5 Å². The lowest BCUT2D eigenvalue weighted by Crippen LogP contribution is -2.34. The maximum atomic E-state index is 11.9. The van der Waals surface area contributed by atoms with Crippen LogP contribution in [0.3, 0.4) is 0 Å². The van der Waals surface area contributed by atoms with Crippen molar-refractivity contribution in [3.05, 3.63) is 52.8 Å². The van der Waals surface area contributed by atoms with Gasteiger partial charge in [0.25, 0.3) is 0 Å². The van der Waals surface area contributed by atoms with E-state index in [1.165, 1.54) is 0 Å². The molecule has 2 N–H and O–H groups in total. The molecule has 3 aromatic rings. The molecule has 1 aromatic carbocycles. The van der Waals surface area contributed by atoms with Gasteiger partial charge in [-0.25, -0.2) is 4.79 Å². The number of carboxylic acids is 1. The molecule has 26 heavy (non-hydrogen) atoms. The SMILES string of the molecule is O=C(O)c1c(N2CCC(c3ccn[nH]3)CC2)noc1-c1ccc(Cl)cc1. The molecule has 134 valence electrons. The van der Waals surface area contributed by atoms with Crippen molar-refractivity contribution in [3.8, 4) is 11.3 Å². The van der Waals surface area contributed by atoms with Crippen LogP contribution >= 0.6 is 11.6 Å². The number of anilines is 1. The molecular formula is C18H17ClN4O3. The molecule has 0 bridgehead atoms. The third kappa shape index (κ3) is 3.06. The lowest BCUT2D eigenvalue weighted by molar-refractivity contribution is 0.0697. The molecule has 1 fully saturated rings. The van der Waals surface area contributed by atoms with Crippen LogP contribution in [0.1, 0.15) is 34.8 Å². The molecule has 0 radical (unpaired) electrons. The number of aromatic carboxylic acids is 1. The van der Waals surface area contributed by atoms with Gasteiger partial charge < -0.3 is 14.5 Å². The van der Waals surface area contributed by atoms with E-state index >= 15 is 0 Å². The smallest absolute Gasteiger partial charge is 0.343 e. The largest absolute Gasteiger partial charge is 0.477 e. The molecule has 0 saturated carbocycles. The van der Waals surface area contributed by atoms with Crippen molar-refractivity contribution >= 4 is 23.4 Å². The maximum absolute atomic E-state index is 11.9. The van der Waals surface area contributed by atoms with Gasteiger partial charge in [0, 0.05) is 41.5 Å². The Morgan fingerprint density at radius 1 is 1.23 bits per heavy atom. The van der Waals surface area contributed by atoms with Crippen molar-refractivity contribution < 1.29 is 14.4 Å². The molecule has 0 spiro atoms. The highest BCUT2D eigenvalue weighted by Crippen LogP contribution is 2.35. The van der Waals surface area contributed by atoms with Gasteiger partial charge in [0.05, 0.1) is 0 Å². The Morgan fingerprint density at radius 2 is 1.96 bits per heavy atom. The number of piperidine rings is 1. The van der Waals surface area contributed by atoms with Gasteiger partial charge in [-0.05, 0) is 43.2 Å². The van der Waals surface area contributed by atoms with Crippen molar-refractivity contribution in [2.45, 2.75) is 18.8 Å². The highest BCUT2D eigenvalue weighted by atomic mass is 35.5. The van der Waals surface area contributed by atoms with Crippen LogP contribution in [-0.2, 0) is 0 Å². The summed E-state index contributed by atoms with van der Waals surface area (Å²) in [6.07, 6.45) is 3.54. The minimum atomic E-state index is -1.05. The number of rotatable bonds is 4. The monoisotopic (exact) mass is 372 g/mol. The van der Waals surface area contributed by atoms with Crippen LogP contribution in [0.15, 0.2) is 41.1 Å². The molecule has 2 aromatic heterocycles. The first-order valence-corrected chi connectivity index (χ1v) is 8.74. The molecule has 1 aliphatic heterocycles. The highest BCUT2D eigenvalue weighted by Gasteiger charge is 2.30. The number of nitrogens with one attached hydrogen (secondary N) is 1. The fraction of sp³-hybridized carbons (Fsp3) is 0.278. The van der Waals surface area contributed by atoms with Gasteiger partial charge in [0.2, 0.25) is 0 Å². The zero-order valence-electron chi connectivity index (χ0n) is 13.9. The van der Waals surface area contributed by atoms with Crippen LogP contribution in [0.4, 0.5) is 5.82 Å². The van der Waals surface area contributed by atoms with E-state index in [-0.39, 0.29) is 11.3 Å². The summed E-state index contributed by atoms with van der Waals surface area (Å²) in [6, 6.07) is 8.83. The second-order valence-electron chi connectivity index (χ2n) is 6.30. The topological polar surface area (TPSA) is 95.2 Å². The summed E-state index contributed by atoms with van der Waals surface area (Å²) in [4.78, 5) is 13.8. The second-order valence-corrected chi connectivity index (χ2v) is 6.73. The quantitative estimate of drug-likeness (QED) is 0.723. The Hall–Kier alpha value is -2.80. The maximum Gasteiger partial charge on any atom is 0.343 e. The number of carboxylic acid groups (broad SMARTS) is 1. The Labute approximate surface area is 154 Å². The van der Waals surface area contributed by atoms with E-state index in [0.717, 1.165) is 18.5 Å². The number of benzene rings is 1. The van der Waals surface area contributed by atoms with Crippen molar-refractivity contribution in [2.24, 2.45) is 0 Å². The van der Waals surface area contributed by atoms with Gasteiger partial charge in [-0.15, -0.1) is 0 Å². The van der Waals surface area contributed by atoms with Gasteiger partial charge in [-0.1, -0.05) is 16.8 Å². The van der Waals surface area contributed by atoms with Crippen molar-refractivity contribution in [3.63, 3.8) is 0 Å². The van der Waals surface area contributed by atoms with Crippen molar-refractivity contribution in [1.29, 1.82) is 0 Å². The first-order valence-electron chi connectivity index (χ1n) is 8.36. The van der Waals surface area contributed by atoms with Gasteiger partial charge in [0.1, 0.15) is 0 Å². The van der Waals surface area contributed by atoms with Crippen LogP contribution in [0.5, 0.6) is 0 Å². The van der Waals surface area contributed by atoms with Crippen LogP contribution in [0.2, 0.25) is 5.02 Å². The van der Waals surface area contributed by atoms with E-state index in [2.05, 4.69) is 15.4 Å². The summed E-state index contributed by atoms with van der Waals surface area (Å²) in [5.41, 5.74) is 1.84. The lowest BCUT2D eigenvalue weighted by Gasteiger charge is -2.31. The average molecular weight is 373 g/mol. The normalized spacial score (nSPS) is 15.3. The molecule has 0 amide bonds. The Balaban J connectivity index is 1.59. The number of aromatic nitrogens is 3. The van der Waals surface area contributed by atoms with Gasteiger partial charge in [0.15, 0.2) is 17.1 Å². The summed E-state index contributed by atoms with van der Waals surface area (Å²) < 4.78 is 5.40. The van der Waals surface area contributed by atoms with Crippen LogP contribution < -0.4 is 4.90 Å². The summed E-state index contributed by atoms with van der Waals surface area (Å²) in [6.45, 7) is 1.41. The summed E-state index contributed by atoms with van der Waals surface area (Å²) in [5, 5.41) is 21.4. The van der Waals surface area contributed by atoms with Crippen LogP contribution in [0, 0.1) is 0 Å². The van der Waals surface area contributed by atoms with E-state index < -0.39 is 5.97 Å². The molecule has 1 saturated heterocycles. The second kappa shape index (κ2) is 6.84. The minimum absolute atomic E-state index is 0.0901. The fourth-order valence-electron chi connectivity index (χ4n) is 3.38. The van der Waals surface area contributed by atoms with Gasteiger partial charge in [-0.3, -0.25) is 5.10 Å². The number of carbonyl (C=O) groups is 1. The van der Waals surface area contributed by atoms with E-state index in [9.17, 15) is 9.90 Å². The zero-order chi connectivity index (χ0) is 18.1. The number of aromatic amines is 1. The van der Waals surface area contributed by atoms with Crippen molar-refractivity contribution in [1.82, 2.24) is 15.4 Å². The average Bonchev–Trinajstić information content (AvgIpc) is 3.32.